The predicted molar refractivity (Wildman–Crippen MR) is 70.6 cm³/mol. The van der Waals surface area contributed by atoms with Crippen molar-refractivity contribution in [2.24, 2.45) is 5.73 Å². The maximum atomic E-state index is 11.2. The predicted octanol–water partition coefficient (Wildman–Crippen LogP) is 2.38. The molecular weight excluding hydrogens is 230 g/mol. The standard InChI is InChI=1S/C14H21NO3/c1-9(2)10-5-6-11(13(7-10)17-3)12(15)8-14(16)18-4/h5-7,9,12H,8,15H2,1-4H3. The first-order valence-corrected chi connectivity index (χ1v) is 5.99. The Bertz CT molecular complexity index is 416. The molecule has 0 saturated carbocycles. The van der Waals surface area contributed by atoms with Gasteiger partial charge in [0, 0.05) is 11.6 Å². The lowest BCUT2D eigenvalue weighted by Gasteiger charge is -2.17. The molecule has 0 bridgehead atoms. The van der Waals surface area contributed by atoms with E-state index in [-0.39, 0.29) is 12.4 Å². The summed E-state index contributed by atoms with van der Waals surface area (Å²) in [6.07, 6.45) is 0.147. The quantitative estimate of drug-likeness (QED) is 0.816. The van der Waals surface area contributed by atoms with Crippen LogP contribution in [0.3, 0.4) is 0 Å². The highest BCUT2D eigenvalue weighted by Crippen LogP contribution is 2.29. The van der Waals surface area contributed by atoms with Crippen LogP contribution < -0.4 is 10.5 Å². The summed E-state index contributed by atoms with van der Waals surface area (Å²) < 4.78 is 9.96. The lowest BCUT2D eigenvalue weighted by molar-refractivity contribution is -0.141. The van der Waals surface area contributed by atoms with Crippen molar-refractivity contribution in [1.29, 1.82) is 0 Å². The Balaban J connectivity index is 2.97. The summed E-state index contributed by atoms with van der Waals surface area (Å²) in [5, 5.41) is 0. The van der Waals surface area contributed by atoms with Gasteiger partial charge in [-0.05, 0) is 17.5 Å². The van der Waals surface area contributed by atoms with Crippen LogP contribution in [0, 0.1) is 0 Å². The molecule has 0 aromatic heterocycles. The molecule has 1 atom stereocenters. The van der Waals surface area contributed by atoms with E-state index in [0.717, 1.165) is 11.3 Å². The van der Waals surface area contributed by atoms with Crippen molar-refractivity contribution >= 4 is 5.97 Å². The van der Waals surface area contributed by atoms with Crippen molar-refractivity contribution in [1.82, 2.24) is 0 Å². The first-order chi connectivity index (χ1) is 8.49. The van der Waals surface area contributed by atoms with Crippen molar-refractivity contribution in [2.45, 2.75) is 32.2 Å². The van der Waals surface area contributed by atoms with Gasteiger partial charge in [0.2, 0.25) is 0 Å². The van der Waals surface area contributed by atoms with Gasteiger partial charge in [-0.2, -0.15) is 0 Å². The fourth-order valence-electron chi connectivity index (χ4n) is 1.77. The van der Waals surface area contributed by atoms with E-state index in [1.807, 2.05) is 18.2 Å². The van der Waals surface area contributed by atoms with Crippen LogP contribution >= 0.6 is 0 Å². The molecule has 0 saturated heterocycles. The van der Waals surface area contributed by atoms with E-state index in [9.17, 15) is 4.79 Å². The molecule has 0 aliphatic heterocycles. The van der Waals surface area contributed by atoms with Crippen LogP contribution in [0.1, 0.15) is 43.4 Å². The van der Waals surface area contributed by atoms with Crippen molar-refractivity contribution in [2.75, 3.05) is 14.2 Å². The van der Waals surface area contributed by atoms with Gasteiger partial charge in [-0.15, -0.1) is 0 Å². The summed E-state index contributed by atoms with van der Waals surface area (Å²) >= 11 is 0. The summed E-state index contributed by atoms with van der Waals surface area (Å²) in [5.41, 5.74) is 8.00. The number of carbonyl (C=O) groups is 1. The fourth-order valence-corrected chi connectivity index (χ4v) is 1.77. The number of hydrogen-bond donors (Lipinski definition) is 1. The second-order valence-electron chi connectivity index (χ2n) is 4.54. The van der Waals surface area contributed by atoms with E-state index >= 15 is 0 Å². The molecule has 4 heteroatoms. The number of benzene rings is 1. The number of rotatable bonds is 5. The number of hydrogen-bond acceptors (Lipinski definition) is 4. The van der Waals surface area contributed by atoms with Crippen molar-refractivity contribution in [3.8, 4) is 5.75 Å². The summed E-state index contributed by atoms with van der Waals surface area (Å²) in [4.78, 5) is 11.2. The SMILES string of the molecule is COC(=O)CC(N)c1ccc(C(C)C)cc1OC. The zero-order chi connectivity index (χ0) is 13.7. The number of methoxy groups -OCH3 is 2. The average Bonchev–Trinajstić information content (AvgIpc) is 2.37. The van der Waals surface area contributed by atoms with E-state index in [2.05, 4.69) is 18.6 Å². The van der Waals surface area contributed by atoms with Crippen LogP contribution in [0.2, 0.25) is 0 Å². The lowest BCUT2D eigenvalue weighted by Crippen LogP contribution is -2.17. The molecule has 100 valence electrons. The maximum Gasteiger partial charge on any atom is 0.307 e. The van der Waals surface area contributed by atoms with Gasteiger partial charge in [0.25, 0.3) is 0 Å². The molecule has 18 heavy (non-hydrogen) atoms. The van der Waals surface area contributed by atoms with Gasteiger partial charge < -0.3 is 15.2 Å². The number of ether oxygens (including phenoxy) is 2. The Kier molecular flexibility index (Phi) is 5.16. The van der Waals surface area contributed by atoms with Gasteiger partial charge in [-0.3, -0.25) is 4.79 Å². The molecule has 0 fully saturated rings. The van der Waals surface area contributed by atoms with Crippen molar-refractivity contribution in [3.05, 3.63) is 29.3 Å². The van der Waals surface area contributed by atoms with E-state index < -0.39 is 6.04 Å². The molecule has 0 radical (unpaired) electrons. The highest BCUT2D eigenvalue weighted by Gasteiger charge is 2.17. The third-order valence-corrected chi connectivity index (χ3v) is 2.94. The zero-order valence-electron chi connectivity index (χ0n) is 11.4. The normalized spacial score (nSPS) is 12.3. The summed E-state index contributed by atoms with van der Waals surface area (Å²) in [6.45, 7) is 4.23. The molecule has 2 N–H and O–H groups in total. The van der Waals surface area contributed by atoms with Crippen LogP contribution in [-0.4, -0.2) is 20.2 Å². The zero-order valence-corrected chi connectivity index (χ0v) is 11.4. The second-order valence-corrected chi connectivity index (χ2v) is 4.54. The maximum absolute atomic E-state index is 11.2. The Hall–Kier alpha value is -1.55. The van der Waals surface area contributed by atoms with E-state index in [1.165, 1.54) is 12.7 Å². The van der Waals surface area contributed by atoms with Gasteiger partial charge in [-0.25, -0.2) is 0 Å². The van der Waals surface area contributed by atoms with Gasteiger partial charge >= 0.3 is 5.97 Å². The number of carbonyl (C=O) groups excluding carboxylic acids is 1. The van der Waals surface area contributed by atoms with Crippen LogP contribution in [0.15, 0.2) is 18.2 Å². The van der Waals surface area contributed by atoms with E-state index in [0.29, 0.717) is 5.92 Å². The van der Waals surface area contributed by atoms with Crippen LogP contribution in [0.4, 0.5) is 0 Å². The largest absolute Gasteiger partial charge is 0.496 e. The molecule has 1 aromatic carbocycles. The summed E-state index contributed by atoms with van der Waals surface area (Å²) in [7, 11) is 2.96. The lowest BCUT2D eigenvalue weighted by atomic mass is 9.97. The topological polar surface area (TPSA) is 61.5 Å². The molecule has 4 nitrogen and oxygen atoms in total. The monoisotopic (exact) mass is 251 g/mol. The smallest absolute Gasteiger partial charge is 0.307 e. The molecule has 1 aromatic rings. The third-order valence-electron chi connectivity index (χ3n) is 2.94. The minimum atomic E-state index is -0.409. The van der Waals surface area contributed by atoms with Crippen LogP contribution in [-0.2, 0) is 9.53 Å². The molecule has 0 aliphatic rings. The Morgan fingerprint density at radius 1 is 1.33 bits per heavy atom. The van der Waals surface area contributed by atoms with E-state index in [1.54, 1.807) is 7.11 Å². The number of nitrogens with two attached hydrogens (primary N) is 1. The minimum Gasteiger partial charge on any atom is -0.496 e. The first kappa shape index (κ1) is 14.5. The highest BCUT2D eigenvalue weighted by molar-refractivity contribution is 5.70. The molecule has 1 unspecified atom stereocenters. The average molecular weight is 251 g/mol. The molecular formula is C14H21NO3. The Morgan fingerprint density at radius 3 is 2.50 bits per heavy atom. The minimum absolute atomic E-state index is 0.147. The fraction of sp³-hybridized carbons (Fsp3) is 0.500. The van der Waals surface area contributed by atoms with E-state index in [4.69, 9.17) is 10.5 Å². The Labute approximate surface area is 108 Å². The summed E-state index contributed by atoms with van der Waals surface area (Å²) in [5.74, 6) is 0.819. The van der Waals surface area contributed by atoms with Crippen LogP contribution in [0.25, 0.3) is 0 Å². The van der Waals surface area contributed by atoms with Gasteiger partial charge in [-0.1, -0.05) is 26.0 Å². The second kappa shape index (κ2) is 6.40. The van der Waals surface area contributed by atoms with Crippen molar-refractivity contribution < 1.29 is 14.3 Å². The van der Waals surface area contributed by atoms with Gasteiger partial charge in [0.05, 0.1) is 20.6 Å². The Morgan fingerprint density at radius 2 is 2.00 bits per heavy atom. The molecule has 0 aliphatic carbocycles. The molecule has 0 heterocycles. The molecule has 0 spiro atoms. The summed E-state index contributed by atoms with van der Waals surface area (Å²) in [6, 6.07) is 5.49. The number of esters is 1. The van der Waals surface area contributed by atoms with Crippen LogP contribution in [0.5, 0.6) is 5.75 Å². The van der Waals surface area contributed by atoms with Gasteiger partial charge in [0.1, 0.15) is 5.75 Å². The first-order valence-electron chi connectivity index (χ1n) is 5.99. The van der Waals surface area contributed by atoms with Gasteiger partial charge in [0.15, 0.2) is 0 Å². The molecule has 1 rings (SSSR count). The highest BCUT2D eigenvalue weighted by atomic mass is 16.5. The third kappa shape index (κ3) is 3.47. The van der Waals surface area contributed by atoms with Crippen molar-refractivity contribution in [3.63, 3.8) is 0 Å². The molecule has 0 amide bonds.